The zero-order chi connectivity index (χ0) is 25.8. The molecule has 0 aromatic heterocycles. The summed E-state index contributed by atoms with van der Waals surface area (Å²) in [6.45, 7) is 15.6. The second kappa shape index (κ2) is 11.0. The first-order valence-electron chi connectivity index (χ1n) is 12.0. The van der Waals surface area contributed by atoms with Crippen LogP contribution in [0.5, 0.6) is 5.75 Å². The number of amides is 2. The van der Waals surface area contributed by atoms with Crippen molar-refractivity contribution >= 4 is 11.8 Å². The van der Waals surface area contributed by atoms with E-state index in [-0.39, 0.29) is 29.2 Å². The van der Waals surface area contributed by atoms with Gasteiger partial charge < -0.3 is 15.0 Å². The predicted octanol–water partition coefficient (Wildman–Crippen LogP) is 4.50. The molecule has 188 valence electrons. The summed E-state index contributed by atoms with van der Waals surface area (Å²) in [6.07, 6.45) is 0.923. The minimum absolute atomic E-state index is 0.0327. The normalized spacial score (nSPS) is 17.5. The quantitative estimate of drug-likeness (QED) is 0.592. The van der Waals surface area contributed by atoms with Crippen molar-refractivity contribution in [3.8, 4) is 5.75 Å². The van der Waals surface area contributed by atoms with Gasteiger partial charge in [-0.2, -0.15) is 0 Å². The number of aryl methyl sites for hydroxylation is 1. The number of benzene rings is 2. The summed E-state index contributed by atoms with van der Waals surface area (Å²) in [5.41, 5.74) is 1.53. The van der Waals surface area contributed by atoms with E-state index in [9.17, 15) is 14.0 Å². The molecule has 2 atom stereocenters. The minimum atomic E-state index is -0.423. The smallest absolute Gasteiger partial charge is 0.251 e. The molecule has 0 aliphatic carbocycles. The standard InChI is InChI=1S/C28H36FN3O3/c1-7-26(33)32-15-14-31(17-20(32)3)18-25(22-9-8-19(2)24(29)16-22)35-23-12-10-21(11-13-23)27(34)30-28(4,5)6/h7-13,16,20,25H,1,14-15,17-18H2,2-6H3,(H,30,34)/t20-,25+/m1/s1. The lowest BCUT2D eigenvalue weighted by molar-refractivity contribution is -0.130. The Balaban J connectivity index is 1.77. The van der Waals surface area contributed by atoms with Crippen molar-refractivity contribution in [1.29, 1.82) is 0 Å². The van der Waals surface area contributed by atoms with Gasteiger partial charge in [0, 0.05) is 43.3 Å². The van der Waals surface area contributed by atoms with E-state index in [1.165, 1.54) is 12.1 Å². The maximum absolute atomic E-state index is 14.4. The zero-order valence-electron chi connectivity index (χ0n) is 21.3. The van der Waals surface area contributed by atoms with Crippen molar-refractivity contribution in [2.75, 3.05) is 26.2 Å². The monoisotopic (exact) mass is 481 g/mol. The molecule has 6 nitrogen and oxygen atoms in total. The van der Waals surface area contributed by atoms with E-state index >= 15 is 0 Å². The largest absolute Gasteiger partial charge is 0.484 e. The highest BCUT2D eigenvalue weighted by Crippen LogP contribution is 2.26. The molecule has 1 saturated heterocycles. The molecule has 35 heavy (non-hydrogen) atoms. The van der Waals surface area contributed by atoms with Crippen molar-refractivity contribution in [2.24, 2.45) is 0 Å². The van der Waals surface area contributed by atoms with E-state index in [0.717, 1.165) is 5.56 Å². The Bertz CT molecular complexity index is 1060. The molecule has 1 fully saturated rings. The molecule has 2 aromatic rings. The number of nitrogens with zero attached hydrogens (tertiary/aromatic N) is 2. The van der Waals surface area contributed by atoms with Crippen molar-refractivity contribution in [3.05, 3.63) is 77.6 Å². The fourth-order valence-electron chi connectivity index (χ4n) is 4.16. The molecule has 0 spiro atoms. The van der Waals surface area contributed by atoms with Crippen LogP contribution >= 0.6 is 0 Å². The fraction of sp³-hybridized carbons (Fsp3) is 0.429. The third-order valence-electron chi connectivity index (χ3n) is 6.04. The third kappa shape index (κ3) is 7.15. The maximum Gasteiger partial charge on any atom is 0.251 e. The molecule has 0 radical (unpaired) electrons. The summed E-state index contributed by atoms with van der Waals surface area (Å²) < 4.78 is 20.7. The Kier molecular flexibility index (Phi) is 8.33. The first-order valence-corrected chi connectivity index (χ1v) is 12.0. The van der Waals surface area contributed by atoms with Crippen LogP contribution in [-0.4, -0.2) is 59.4 Å². The molecule has 1 N–H and O–H groups in total. The van der Waals surface area contributed by atoms with Gasteiger partial charge in [-0.3, -0.25) is 14.5 Å². The van der Waals surface area contributed by atoms with Crippen LogP contribution in [0.25, 0.3) is 0 Å². The van der Waals surface area contributed by atoms with E-state index in [2.05, 4.69) is 16.8 Å². The van der Waals surface area contributed by atoms with E-state index in [1.807, 2.05) is 38.7 Å². The third-order valence-corrected chi connectivity index (χ3v) is 6.04. The Labute approximate surface area is 207 Å². The maximum atomic E-state index is 14.4. The highest BCUT2D eigenvalue weighted by molar-refractivity contribution is 5.94. The molecule has 3 rings (SSSR count). The van der Waals surface area contributed by atoms with Gasteiger partial charge in [0.15, 0.2) is 0 Å². The second-order valence-electron chi connectivity index (χ2n) is 10.2. The van der Waals surface area contributed by atoms with Gasteiger partial charge in [-0.25, -0.2) is 4.39 Å². The zero-order valence-corrected chi connectivity index (χ0v) is 21.3. The summed E-state index contributed by atoms with van der Waals surface area (Å²) in [5.74, 6) is 0.0974. The number of nitrogens with one attached hydrogen (secondary N) is 1. The molecule has 1 heterocycles. The van der Waals surface area contributed by atoms with Gasteiger partial charge in [0.1, 0.15) is 17.7 Å². The molecule has 0 unspecified atom stereocenters. The molecular weight excluding hydrogens is 445 g/mol. The van der Waals surface area contributed by atoms with Crippen molar-refractivity contribution in [2.45, 2.75) is 52.3 Å². The van der Waals surface area contributed by atoms with E-state index in [4.69, 9.17) is 4.74 Å². The lowest BCUT2D eigenvalue weighted by Gasteiger charge is -2.40. The average molecular weight is 482 g/mol. The van der Waals surface area contributed by atoms with Crippen LogP contribution in [0.4, 0.5) is 4.39 Å². The summed E-state index contributed by atoms with van der Waals surface area (Å²) in [5, 5.41) is 2.94. The molecule has 2 amide bonds. The van der Waals surface area contributed by atoms with Gasteiger partial charge in [0.25, 0.3) is 5.91 Å². The number of hydrogen-bond acceptors (Lipinski definition) is 4. The highest BCUT2D eigenvalue weighted by atomic mass is 19.1. The van der Waals surface area contributed by atoms with E-state index in [1.54, 1.807) is 37.3 Å². The summed E-state index contributed by atoms with van der Waals surface area (Å²) in [6, 6.07) is 12.2. The molecule has 0 bridgehead atoms. The van der Waals surface area contributed by atoms with Crippen LogP contribution in [-0.2, 0) is 4.79 Å². The number of ether oxygens (including phenoxy) is 1. The number of rotatable bonds is 7. The number of carbonyl (C=O) groups is 2. The Morgan fingerprint density at radius 3 is 2.46 bits per heavy atom. The summed E-state index contributed by atoms with van der Waals surface area (Å²) in [7, 11) is 0. The Morgan fingerprint density at radius 1 is 1.20 bits per heavy atom. The lowest BCUT2D eigenvalue weighted by Crippen LogP contribution is -2.54. The topological polar surface area (TPSA) is 61.9 Å². The van der Waals surface area contributed by atoms with Crippen molar-refractivity contribution in [1.82, 2.24) is 15.1 Å². The molecular formula is C28H36FN3O3. The van der Waals surface area contributed by atoms with Crippen molar-refractivity contribution < 1.29 is 18.7 Å². The molecule has 1 aliphatic heterocycles. The number of carbonyl (C=O) groups excluding carboxylic acids is 2. The van der Waals surface area contributed by atoms with Gasteiger partial charge in [-0.05, 0) is 82.2 Å². The first kappa shape index (κ1) is 26.4. The predicted molar refractivity (Wildman–Crippen MR) is 136 cm³/mol. The molecule has 2 aromatic carbocycles. The number of hydrogen-bond donors (Lipinski definition) is 1. The first-order chi connectivity index (χ1) is 16.5. The number of halogens is 1. The van der Waals surface area contributed by atoms with Crippen LogP contribution in [0.1, 0.15) is 55.3 Å². The molecule has 1 aliphatic rings. The van der Waals surface area contributed by atoms with E-state index < -0.39 is 6.10 Å². The van der Waals surface area contributed by atoms with Gasteiger partial charge in [-0.1, -0.05) is 18.7 Å². The second-order valence-corrected chi connectivity index (χ2v) is 10.2. The van der Waals surface area contributed by atoms with Crippen molar-refractivity contribution in [3.63, 3.8) is 0 Å². The lowest BCUT2D eigenvalue weighted by atomic mass is 10.0. The Hall–Kier alpha value is -3.19. The summed E-state index contributed by atoms with van der Waals surface area (Å²) >= 11 is 0. The fourth-order valence-corrected chi connectivity index (χ4v) is 4.16. The summed E-state index contributed by atoms with van der Waals surface area (Å²) in [4.78, 5) is 28.6. The van der Waals surface area contributed by atoms with Gasteiger partial charge in [0.05, 0.1) is 0 Å². The highest BCUT2D eigenvalue weighted by Gasteiger charge is 2.28. The van der Waals surface area contributed by atoms with Crippen LogP contribution < -0.4 is 10.1 Å². The number of piperazine rings is 1. The van der Waals surface area contributed by atoms with Gasteiger partial charge in [-0.15, -0.1) is 0 Å². The van der Waals surface area contributed by atoms with Crippen LogP contribution in [0.2, 0.25) is 0 Å². The van der Waals surface area contributed by atoms with Gasteiger partial charge >= 0.3 is 0 Å². The van der Waals surface area contributed by atoms with Crippen LogP contribution in [0, 0.1) is 12.7 Å². The van der Waals surface area contributed by atoms with E-state index in [0.29, 0.717) is 43.1 Å². The Morgan fingerprint density at radius 2 is 1.89 bits per heavy atom. The SMILES string of the molecule is C=CC(=O)N1CCN(C[C@H](Oc2ccc(C(=O)NC(C)(C)C)cc2)c2ccc(C)c(F)c2)C[C@H]1C. The minimum Gasteiger partial charge on any atom is -0.484 e. The average Bonchev–Trinajstić information content (AvgIpc) is 2.79. The van der Waals surface area contributed by atoms with Crippen LogP contribution in [0.15, 0.2) is 55.1 Å². The molecule has 7 heteroatoms. The van der Waals surface area contributed by atoms with Gasteiger partial charge in [0.2, 0.25) is 5.91 Å². The van der Waals surface area contributed by atoms with Crippen LogP contribution in [0.3, 0.4) is 0 Å². The molecule has 0 saturated carbocycles.